The minimum Gasteiger partial charge on any atom is -0.376 e. The van der Waals surface area contributed by atoms with E-state index in [-0.39, 0.29) is 23.7 Å². The number of rotatable bonds is 5. The molecule has 1 aromatic carbocycles. The number of hydrogen-bond donors (Lipinski definition) is 1. The second-order valence-electron chi connectivity index (χ2n) is 6.89. The quantitative estimate of drug-likeness (QED) is 0.716. The molecule has 10 nitrogen and oxygen atoms in total. The molecule has 4 rings (SSSR count). The van der Waals surface area contributed by atoms with Crippen molar-refractivity contribution in [1.82, 2.24) is 14.6 Å². The monoisotopic (exact) mass is 401 g/mol. The standard InChI is InChI=1S/C19H19N3O7/c1-10-13(9-28-22-16(24)11-5-3-4-6-12(11)17(22)25)29-18(15(10)27-2)21-8-7-14(23)20-19(21)26/h3-8,10,13,15,18H,9H2,1-2H3,(H,20,23,26)/t10?,13-,15+,18-/m1/s1. The fourth-order valence-corrected chi connectivity index (χ4v) is 3.66. The second-order valence-corrected chi connectivity index (χ2v) is 6.89. The molecule has 0 radical (unpaired) electrons. The number of nitrogens with zero attached hydrogens (tertiary/aromatic N) is 2. The van der Waals surface area contributed by atoms with E-state index in [1.807, 2.05) is 6.92 Å². The van der Waals surface area contributed by atoms with Gasteiger partial charge in [-0.2, -0.15) is 0 Å². The van der Waals surface area contributed by atoms with Crippen LogP contribution < -0.4 is 11.2 Å². The summed E-state index contributed by atoms with van der Waals surface area (Å²) in [5.74, 6) is -1.29. The van der Waals surface area contributed by atoms with Crippen LogP contribution in [0.25, 0.3) is 0 Å². The van der Waals surface area contributed by atoms with Crippen LogP contribution in [-0.4, -0.2) is 52.4 Å². The van der Waals surface area contributed by atoms with E-state index in [9.17, 15) is 19.2 Å². The lowest BCUT2D eigenvalue weighted by Gasteiger charge is -2.20. The molecule has 0 aliphatic carbocycles. The average molecular weight is 401 g/mol. The number of amides is 2. The van der Waals surface area contributed by atoms with Gasteiger partial charge in [-0.15, -0.1) is 5.06 Å². The molecular weight excluding hydrogens is 382 g/mol. The zero-order valence-corrected chi connectivity index (χ0v) is 15.7. The van der Waals surface area contributed by atoms with Crippen LogP contribution in [0.2, 0.25) is 0 Å². The van der Waals surface area contributed by atoms with E-state index in [4.69, 9.17) is 14.3 Å². The van der Waals surface area contributed by atoms with Crippen LogP contribution in [0.1, 0.15) is 33.9 Å². The zero-order valence-electron chi connectivity index (χ0n) is 15.7. The molecular formula is C19H19N3O7. The normalized spacial score (nSPS) is 26.2. The van der Waals surface area contributed by atoms with E-state index >= 15 is 0 Å². The number of H-pyrrole nitrogens is 1. The molecule has 2 aliphatic heterocycles. The van der Waals surface area contributed by atoms with Crippen LogP contribution >= 0.6 is 0 Å². The lowest BCUT2D eigenvalue weighted by atomic mass is 10.0. The molecule has 3 heterocycles. The number of aromatic nitrogens is 2. The number of hydrogen-bond acceptors (Lipinski definition) is 7. The number of aromatic amines is 1. The third kappa shape index (κ3) is 3.20. The molecule has 0 saturated carbocycles. The Kier molecular flexibility index (Phi) is 4.91. The van der Waals surface area contributed by atoms with Crippen molar-refractivity contribution >= 4 is 11.8 Å². The Balaban J connectivity index is 1.50. The summed E-state index contributed by atoms with van der Waals surface area (Å²) in [5, 5.41) is 0.724. The maximum Gasteiger partial charge on any atom is 0.330 e. The molecule has 152 valence electrons. The van der Waals surface area contributed by atoms with Crippen molar-refractivity contribution in [3.05, 3.63) is 68.5 Å². The van der Waals surface area contributed by atoms with Gasteiger partial charge in [0, 0.05) is 25.3 Å². The highest BCUT2D eigenvalue weighted by atomic mass is 16.7. The Labute approximate surface area is 164 Å². The summed E-state index contributed by atoms with van der Waals surface area (Å²) in [7, 11) is 1.49. The number of benzene rings is 1. The molecule has 2 aromatic rings. The first-order valence-electron chi connectivity index (χ1n) is 9.03. The maximum absolute atomic E-state index is 12.4. The molecule has 4 atom stereocenters. The van der Waals surface area contributed by atoms with E-state index in [1.165, 1.54) is 23.9 Å². The lowest BCUT2D eigenvalue weighted by molar-refractivity contribution is -0.136. The number of carbonyl (C=O) groups is 2. The van der Waals surface area contributed by atoms with E-state index in [0.717, 1.165) is 5.06 Å². The van der Waals surface area contributed by atoms with Crippen molar-refractivity contribution in [3.63, 3.8) is 0 Å². The highest BCUT2D eigenvalue weighted by Crippen LogP contribution is 2.35. The summed E-state index contributed by atoms with van der Waals surface area (Å²) in [6, 6.07) is 7.68. The van der Waals surface area contributed by atoms with Crippen molar-refractivity contribution < 1.29 is 23.9 Å². The van der Waals surface area contributed by atoms with Gasteiger partial charge in [-0.3, -0.25) is 28.8 Å². The number of hydroxylamine groups is 2. The van der Waals surface area contributed by atoms with Gasteiger partial charge in [0.25, 0.3) is 17.4 Å². The summed E-state index contributed by atoms with van der Waals surface area (Å²) >= 11 is 0. The summed E-state index contributed by atoms with van der Waals surface area (Å²) in [4.78, 5) is 55.9. The third-order valence-corrected chi connectivity index (χ3v) is 5.22. The highest BCUT2D eigenvalue weighted by molar-refractivity contribution is 6.20. The first-order valence-corrected chi connectivity index (χ1v) is 9.03. The summed E-state index contributed by atoms with van der Waals surface area (Å²) in [5.41, 5.74) is -0.578. The average Bonchev–Trinajstić information content (AvgIpc) is 3.14. The van der Waals surface area contributed by atoms with Crippen LogP contribution in [-0.2, 0) is 14.3 Å². The number of imide groups is 1. The Morgan fingerprint density at radius 1 is 1.07 bits per heavy atom. The van der Waals surface area contributed by atoms with E-state index in [2.05, 4.69) is 4.98 Å². The molecule has 1 fully saturated rings. The fraction of sp³-hybridized carbons (Fsp3) is 0.368. The topological polar surface area (TPSA) is 120 Å². The molecule has 0 spiro atoms. The summed E-state index contributed by atoms with van der Waals surface area (Å²) < 4.78 is 12.7. The minimum absolute atomic E-state index is 0.0961. The summed E-state index contributed by atoms with van der Waals surface area (Å²) in [6.45, 7) is 1.75. The van der Waals surface area contributed by atoms with Crippen molar-refractivity contribution in [1.29, 1.82) is 0 Å². The number of nitrogens with one attached hydrogen (secondary N) is 1. The second kappa shape index (κ2) is 7.39. The molecule has 1 unspecified atom stereocenters. The van der Waals surface area contributed by atoms with Gasteiger partial charge in [0.2, 0.25) is 0 Å². The van der Waals surface area contributed by atoms with Gasteiger partial charge in [0.15, 0.2) is 6.23 Å². The largest absolute Gasteiger partial charge is 0.376 e. The van der Waals surface area contributed by atoms with Crippen molar-refractivity contribution in [2.24, 2.45) is 5.92 Å². The predicted molar refractivity (Wildman–Crippen MR) is 98.1 cm³/mol. The van der Waals surface area contributed by atoms with Gasteiger partial charge >= 0.3 is 5.69 Å². The van der Waals surface area contributed by atoms with Crippen LogP contribution in [0.15, 0.2) is 46.1 Å². The Morgan fingerprint density at radius 3 is 2.31 bits per heavy atom. The van der Waals surface area contributed by atoms with Crippen LogP contribution in [0.4, 0.5) is 0 Å². The Morgan fingerprint density at radius 2 is 1.72 bits per heavy atom. The van der Waals surface area contributed by atoms with Crippen LogP contribution in [0.3, 0.4) is 0 Å². The van der Waals surface area contributed by atoms with Crippen molar-refractivity contribution in [3.8, 4) is 0 Å². The third-order valence-electron chi connectivity index (χ3n) is 5.22. The summed E-state index contributed by atoms with van der Waals surface area (Å²) in [6.07, 6.45) is -0.532. The lowest BCUT2D eigenvalue weighted by Crippen LogP contribution is -2.36. The zero-order chi connectivity index (χ0) is 20.7. The molecule has 2 amide bonds. The number of carbonyl (C=O) groups excluding carboxylic acids is 2. The van der Waals surface area contributed by atoms with Crippen LogP contribution in [0, 0.1) is 5.92 Å². The fourth-order valence-electron chi connectivity index (χ4n) is 3.66. The number of ether oxygens (including phenoxy) is 2. The van der Waals surface area contributed by atoms with E-state index < -0.39 is 41.5 Å². The Hall–Kier alpha value is -3.08. The first-order chi connectivity index (χ1) is 13.9. The molecule has 1 N–H and O–H groups in total. The SMILES string of the molecule is CO[C@H]1C(C)[C@@H](CON2C(=O)c3ccccc3C2=O)O[C@H]1n1ccc(=O)[nH]c1=O. The van der Waals surface area contributed by atoms with Gasteiger partial charge in [0.1, 0.15) is 12.7 Å². The van der Waals surface area contributed by atoms with E-state index in [1.54, 1.807) is 24.3 Å². The van der Waals surface area contributed by atoms with Crippen LogP contribution in [0.5, 0.6) is 0 Å². The molecule has 2 aliphatic rings. The molecule has 10 heteroatoms. The van der Waals surface area contributed by atoms with Gasteiger partial charge in [-0.25, -0.2) is 4.79 Å². The first kappa shape index (κ1) is 19.2. The molecule has 29 heavy (non-hydrogen) atoms. The smallest absolute Gasteiger partial charge is 0.330 e. The van der Waals surface area contributed by atoms with Gasteiger partial charge in [-0.05, 0) is 12.1 Å². The van der Waals surface area contributed by atoms with Gasteiger partial charge in [-0.1, -0.05) is 19.1 Å². The Bertz CT molecular complexity index is 1040. The van der Waals surface area contributed by atoms with Crippen molar-refractivity contribution in [2.75, 3.05) is 13.7 Å². The maximum atomic E-state index is 12.4. The number of fused-ring (bicyclic) bond motifs is 1. The minimum atomic E-state index is -0.796. The molecule has 1 aromatic heterocycles. The van der Waals surface area contributed by atoms with Gasteiger partial charge in [0.05, 0.1) is 17.2 Å². The van der Waals surface area contributed by atoms with Crippen molar-refractivity contribution in [2.45, 2.75) is 25.4 Å². The highest BCUT2D eigenvalue weighted by Gasteiger charge is 2.45. The molecule has 0 bridgehead atoms. The van der Waals surface area contributed by atoms with E-state index in [0.29, 0.717) is 0 Å². The predicted octanol–water partition coefficient (Wildman–Crippen LogP) is 0.313. The van der Waals surface area contributed by atoms with Gasteiger partial charge < -0.3 is 9.47 Å². The molecule has 1 saturated heterocycles. The number of methoxy groups -OCH3 is 1.